The summed E-state index contributed by atoms with van der Waals surface area (Å²) in [6.45, 7) is 6.23. The van der Waals surface area contributed by atoms with Crippen molar-refractivity contribution in [1.82, 2.24) is 19.7 Å². The van der Waals surface area contributed by atoms with E-state index in [9.17, 15) is 4.79 Å². The fourth-order valence-electron chi connectivity index (χ4n) is 3.37. The molecule has 0 spiro atoms. The minimum atomic E-state index is 0.0450. The Bertz CT molecular complexity index is 726. The first-order chi connectivity index (χ1) is 11.6. The van der Waals surface area contributed by atoms with Crippen molar-refractivity contribution in [2.75, 3.05) is 20.2 Å². The molecule has 0 radical (unpaired) electrons. The molecule has 2 heterocycles. The zero-order valence-corrected chi connectivity index (χ0v) is 14.5. The van der Waals surface area contributed by atoms with Crippen LogP contribution < -0.4 is 4.74 Å². The van der Waals surface area contributed by atoms with E-state index in [1.807, 2.05) is 47.7 Å². The van der Waals surface area contributed by atoms with Crippen LogP contribution in [0, 0.1) is 19.8 Å². The maximum atomic E-state index is 12.9. The maximum Gasteiger partial charge on any atom is 0.257 e. The molecular weight excluding hydrogens is 304 g/mol. The van der Waals surface area contributed by atoms with Crippen LogP contribution in [-0.4, -0.2) is 45.8 Å². The summed E-state index contributed by atoms with van der Waals surface area (Å²) in [4.78, 5) is 19.2. The largest absolute Gasteiger partial charge is 0.496 e. The van der Waals surface area contributed by atoms with Gasteiger partial charge in [-0.05, 0) is 44.7 Å². The lowest BCUT2D eigenvalue weighted by atomic mass is 9.97. The molecule has 1 aliphatic heterocycles. The van der Waals surface area contributed by atoms with E-state index < -0.39 is 0 Å². The van der Waals surface area contributed by atoms with Crippen molar-refractivity contribution in [1.29, 1.82) is 0 Å². The van der Waals surface area contributed by atoms with Crippen LogP contribution in [0.5, 0.6) is 5.75 Å². The van der Waals surface area contributed by atoms with Gasteiger partial charge in [0, 0.05) is 19.6 Å². The summed E-state index contributed by atoms with van der Waals surface area (Å²) in [6.07, 6.45) is 2.12. The van der Waals surface area contributed by atoms with Crippen molar-refractivity contribution in [2.45, 2.75) is 33.2 Å². The Morgan fingerprint density at radius 2 is 2.12 bits per heavy atom. The predicted octanol–water partition coefficient (Wildman–Crippen LogP) is 2.46. The van der Waals surface area contributed by atoms with Crippen LogP contribution in [0.15, 0.2) is 24.3 Å². The van der Waals surface area contributed by atoms with Crippen LogP contribution >= 0.6 is 0 Å². The summed E-state index contributed by atoms with van der Waals surface area (Å²) >= 11 is 0. The summed E-state index contributed by atoms with van der Waals surface area (Å²) in [5.74, 6) is 2.80. The van der Waals surface area contributed by atoms with Crippen LogP contribution in [0.1, 0.15) is 34.8 Å². The second kappa shape index (κ2) is 7.03. The molecule has 1 unspecified atom stereocenters. The lowest BCUT2D eigenvalue weighted by Crippen LogP contribution is -2.41. The van der Waals surface area contributed by atoms with Gasteiger partial charge in [-0.3, -0.25) is 4.79 Å². The van der Waals surface area contributed by atoms with Crippen LogP contribution in [0.25, 0.3) is 0 Å². The first kappa shape index (κ1) is 16.5. The van der Waals surface area contributed by atoms with Crippen molar-refractivity contribution in [2.24, 2.45) is 5.92 Å². The van der Waals surface area contributed by atoms with E-state index in [1.165, 1.54) is 0 Å². The molecule has 3 rings (SSSR count). The van der Waals surface area contributed by atoms with Gasteiger partial charge >= 0.3 is 0 Å². The maximum absolute atomic E-state index is 12.9. The van der Waals surface area contributed by atoms with Gasteiger partial charge in [-0.15, -0.1) is 0 Å². The van der Waals surface area contributed by atoms with Gasteiger partial charge in [0.15, 0.2) is 0 Å². The Labute approximate surface area is 142 Å². The molecule has 2 aromatic rings. The number of piperidine rings is 1. The first-order valence-electron chi connectivity index (χ1n) is 8.39. The number of ether oxygens (including phenoxy) is 1. The molecule has 1 amide bonds. The Kier molecular flexibility index (Phi) is 4.83. The molecule has 1 fully saturated rings. The van der Waals surface area contributed by atoms with Crippen LogP contribution in [0.2, 0.25) is 0 Å². The highest BCUT2D eigenvalue weighted by Crippen LogP contribution is 2.24. The number of rotatable bonds is 4. The molecule has 24 heavy (non-hydrogen) atoms. The average molecular weight is 328 g/mol. The zero-order valence-electron chi connectivity index (χ0n) is 14.5. The molecule has 0 N–H and O–H groups in total. The number of amides is 1. The van der Waals surface area contributed by atoms with Crippen molar-refractivity contribution in [3.63, 3.8) is 0 Å². The highest BCUT2D eigenvalue weighted by Gasteiger charge is 2.26. The summed E-state index contributed by atoms with van der Waals surface area (Å²) in [6, 6.07) is 7.41. The van der Waals surface area contributed by atoms with Gasteiger partial charge in [0.05, 0.1) is 12.7 Å². The number of carbonyl (C=O) groups is 1. The molecule has 128 valence electrons. The summed E-state index contributed by atoms with van der Waals surface area (Å²) in [7, 11) is 1.60. The Hall–Kier alpha value is -2.37. The molecule has 6 heteroatoms. The Balaban J connectivity index is 1.71. The fraction of sp³-hybridized carbons (Fsp3) is 0.500. The fourth-order valence-corrected chi connectivity index (χ4v) is 3.37. The minimum absolute atomic E-state index is 0.0450. The molecule has 1 atom stereocenters. The number of aromatic nitrogens is 3. The van der Waals surface area contributed by atoms with Crippen molar-refractivity contribution < 1.29 is 9.53 Å². The summed E-state index contributed by atoms with van der Waals surface area (Å²) < 4.78 is 7.28. The van der Waals surface area contributed by atoms with Gasteiger partial charge in [0.25, 0.3) is 5.91 Å². The normalized spacial score (nSPS) is 17.8. The van der Waals surface area contributed by atoms with E-state index in [0.717, 1.165) is 44.1 Å². The summed E-state index contributed by atoms with van der Waals surface area (Å²) in [5.41, 5.74) is 0.633. The second-order valence-electron chi connectivity index (χ2n) is 6.35. The highest BCUT2D eigenvalue weighted by atomic mass is 16.5. The molecule has 1 aromatic carbocycles. The highest BCUT2D eigenvalue weighted by molar-refractivity contribution is 5.97. The van der Waals surface area contributed by atoms with Gasteiger partial charge in [-0.1, -0.05) is 12.1 Å². The molecule has 0 saturated carbocycles. The quantitative estimate of drug-likeness (QED) is 0.865. The van der Waals surface area contributed by atoms with Gasteiger partial charge in [-0.2, -0.15) is 5.10 Å². The van der Waals surface area contributed by atoms with Crippen LogP contribution in [0.4, 0.5) is 0 Å². The zero-order chi connectivity index (χ0) is 17.1. The SMILES string of the molecule is COc1ccccc1C(=O)N1CCCC(Cn2nc(C)nc2C)C1. The number of likely N-dealkylation sites (tertiary alicyclic amines) is 1. The van der Waals surface area contributed by atoms with Gasteiger partial charge < -0.3 is 9.64 Å². The average Bonchev–Trinajstić information content (AvgIpc) is 2.91. The third-order valence-corrected chi connectivity index (χ3v) is 4.54. The van der Waals surface area contributed by atoms with E-state index in [2.05, 4.69) is 10.1 Å². The third kappa shape index (κ3) is 3.42. The standard InChI is InChI=1S/C18H24N4O2/c1-13-19-14(2)22(20-13)12-15-7-6-10-21(11-15)18(23)16-8-4-5-9-17(16)24-3/h4-5,8-9,15H,6-7,10-12H2,1-3H3. The smallest absolute Gasteiger partial charge is 0.257 e. The van der Waals surface area contributed by atoms with E-state index in [0.29, 0.717) is 17.2 Å². The molecule has 0 aliphatic carbocycles. The number of para-hydroxylation sites is 1. The van der Waals surface area contributed by atoms with Crippen LogP contribution in [-0.2, 0) is 6.54 Å². The van der Waals surface area contributed by atoms with Crippen molar-refractivity contribution in [3.8, 4) is 5.75 Å². The number of benzene rings is 1. The van der Waals surface area contributed by atoms with Gasteiger partial charge in [0.1, 0.15) is 17.4 Å². The third-order valence-electron chi connectivity index (χ3n) is 4.54. The number of hydrogen-bond acceptors (Lipinski definition) is 4. The van der Waals surface area contributed by atoms with E-state index in [4.69, 9.17) is 4.74 Å². The Morgan fingerprint density at radius 1 is 1.33 bits per heavy atom. The number of hydrogen-bond donors (Lipinski definition) is 0. The number of carbonyl (C=O) groups excluding carboxylic acids is 1. The number of methoxy groups -OCH3 is 1. The van der Waals surface area contributed by atoms with Crippen molar-refractivity contribution >= 4 is 5.91 Å². The van der Waals surface area contributed by atoms with Crippen LogP contribution in [0.3, 0.4) is 0 Å². The lowest BCUT2D eigenvalue weighted by molar-refractivity contribution is 0.0656. The topological polar surface area (TPSA) is 60.2 Å². The molecule has 1 aliphatic rings. The molecule has 0 bridgehead atoms. The molecule has 6 nitrogen and oxygen atoms in total. The van der Waals surface area contributed by atoms with Gasteiger partial charge in [-0.25, -0.2) is 9.67 Å². The van der Waals surface area contributed by atoms with Gasteiger partial charge in [0.2, 0.25) is 0 Å². The molecule has 1 aromatic heterocycles. The van der Waals surface area contributed by atoms with E-state index in [-0.39, 0.29) is 5.91 Å². The van der Waals surface area contributed by atoms with E-state index >= 15 is 0 Å². The first-order valence-corrected chi connectivity index (χ1v) is 8.39. The van der Waals surface area contributed by atoms with Crippen molar-refractivity contribution in [3.05, 3.63) is 41.5 Å². The molecule has 1 saturated heterocycles. The minimum Gasteiger partial charge on any atom is -0.496 e. The predicted molar refractivity (Wildman–Crippen MR) is 91.1 cm³/mol. The van der Waals surface area contributed by atoms with E-state index in [1.54, 1.807) is 7.11 Å². The lowest BCUT2D eigenvalue weighted by Gasteiger charge is -2.33. The summed E-state index contributed by atoms with van der Waals surface area (Å²) in [5, 5.41) is 4.44. The Morgan fingerprint density at radius 3 is 2.83 bits per heavy atom. The second-order valence-corrected chi connectivity index (χ2v) is 6.35. The number of nitrogens with zero attached hydrogens (tertiary/aromatic N) is 4. The monoisotopic (exact) mass is 328 g/mol. The molecular formula is C18H24N4O2. The number of aryl methyl sites for hydroxylation is 2.